The SMILES string of the molecule is Cc1ccc(C(=O)N2CCS(=O)(=O)C2)cc1. The molecule has 1 fully saturated rings. The van der Waals surface area contributed by atoms with E-state index in [1.54, 1.807) is 12.1 Å². The summed E-state index contributed by atoms with van der Waals surface area (Å²) in [7, 11) is -3.05. The Labute approximate surface area is 94.8 Å². The lowest BCUT2D eigenvalue weighted by atomic mass is 10.1. The minimum Gasteiger partial charge on any atom is -0.323 e. The van der Waals surface area contributed by atoms with Gasteiger partial charge in [-0.1, -0.05) is 17.7 Å². The van der Waals surface area contributed by atoms with Crippen LogP contribution in [0.3, 0.4) is 0 Å². The van der Waals surface area contributed by atoms with Crippen LogP contribution in [0.15, 0.2) is 24.3 Å². The Morgan fingerprint density at radius 1 is 1.25 bits per heavy atom. The summed E-state index contributed by atoms with van der Waals surface area (Å²) in [6.07, 6.45) is 0. The van der Waals surface area contributed by atoms with Crippen LogP contribution < -0.4 is 0 Å². The van der Waals surface area contributed by atoms with Crippen molar-refractivity contribution in [2.75, 3.05) is 18.2 Å². The zero-order valence-electron chi connectivity index (χ0n) is 9.01. The number of carbonyl (C=O) groups is 1. The summed E-state index contributed by atoms with van der Waals surface area (Å²) in [6, 6.07) is 7.14. The number of amides is 1. The van der Waals surface area contributed by atoms with Crippen molar-refractivity contribution in [3.63, 3.8) is 0 Å². The maximum Gasteiger partial charge on any atom is 0.254 e. The maximum absolute atomic E-state index is 11.9. The molecule has 0 atom stereocenters. The molecule has 4 nitrogen and oxygen atoms in total. The quantitative estimate of drug-likeness (QED) is 0.729. The highest BCUT2D eigenvalue weighted by Gasteiger charge is 2.29. The lowest BCUT2D eigenvalue weighted by Gasteiger charge is -2.13. The fourth-order valence-corrected chi connectivity index (χ4v) is 3.00. The average Bonchev–Trinajstić information content (AvgIpc) is 2.59. The molecule has 0 unspecified atom stereocenters. The number of nitrogens with zero attached hydrogens (tertiary/aromatic N) is 1. The molecule has 1 heterocycles. The molecule has 0 spiro atoms. The van der Waals surface area contributed by atoms with Gasteiger partial charge in [0.1, 0.15) is 5.88 Å². The highest BCUT2D eigenvalue weighted by atomic mass is 32.2. The minimum atomic E-state index is -3.05. The Morgan fingerprint density at radius 2 is 1.88 bits per heavy atom. The molecule has 1 aromatic carbocycles. The lowest BCUT2D eigenvalue weighted by molar-refractivity contribution is 0.0801. The van der Waals surface area contributed by atoms with Gasteiger partial charge in [-0.05, 0) is 19.1 Å². The molecule has 1 aliphatic rings. The third kappa shape index (κ3) is 2.24. The van der Waals surface area contributed by atoms with E-state index in [1.807, 2.05) is 19.1 Å². The van der Waals surface area contributed by atoms with Crippen LogP contribution in [0.25, 0.3) is 0 Å². The molecular formula is C11H13NO3S. The third-order valence-corrected chi connectivity index (χ3v) is 4.12. The first-order valence-corrected chi connectivity index (χ1v) is 6.86. The number of carbonyl (C=O) groups excluding carboxylic acids is 1. The Kier molecular flexibility index (Phi) is 2.71. The van der Waals surface area contributed by atoms with E-state index in [9.17, 15) is 13.2 Å². The van der Waals surface area contributed by atoms with Crippen LogP contribution in [-0.4, -0.2) is 37.4 Å². The number of sulfone groups is 1. The van der Waals surface area contributed by atoms with Gasteiger partial charge in [-0.3, -0.25) is 4.79 Å². The predicted octanol–water partition coefficient (Wildman–Crippen LogP) is 0.823. The van der Waals surface area contributed by atoms with Gasteiger partial charge in [-0.15, -0.1) is 0 Å². The van der Waals surface area contributed by atoms with Crippen molar-refractivity contribution in [2.45, 2.75) is 6.92 Å². The molecule has 1 aliphatic heterocycles. The first-order valence-electron chi connectivity index (χ1n) is 5.04. The Bertz CT molecular complexity index is 505. The molecule has 0 radical (unpaired) electrons. The normalized spacial score (nSPS) is 18.7. The van der Waals surface area contributed by atoms with Crippen LogP contribution in [0, 0.1) is 6.92 Å². The van der Waals surface area contributed by atoms with Crippen LogP contribution in [0.2, 0.25) is 0 Å². The fourth-order valence-electron chi connectivity index (χ4n) is 1.65. The van der Waals surface area contributed by atoms with E-state index in [-0.39, 0.29) is 17.5 Å². The van der Waals surface area contributed by atoms with E-state index < -0.39 is 9.84 Å². The molecule has 86 valence electrons. The summed E-state index contributed by atoms with van der Waals surface area (Å²) >= 11 is 0. The standard InChI is InChI=1S/C11H13NO3S/c1-9-2-4-10(5-3-9)11(13)12-6-7-16(14,15)8-12/h2-5H,6-8H2,1H3. The predicted molar refractivity (Wildman–Crippen MR) is 60.9 cm³/mol. The number of hydrogen-bond donors (Lipinski definition) is 0. The molecule has 1 aromatic rings. The van der Waals surface area contributed by atoms with Crippen LogP contribution in [0.1, 0.15) is 15.9 Å². The molecule has 16 heavy (non-hydrogen) atoms. The third-order valence-electron chi connectivity index (χ3n) is 2.61. The summed E-state index contributed by atoms with van der Waals surface area (Å²) in [5, 5.41) is 0. The van der Waals surface area contributed by atoms with Crippen LogP contribution in [-0.2, 0) is 9.84 Å². The monoisotopic (exact) mass is 239 g/mol. The second kappa shape index (κ2) is 3.90. The molecule has 0 N–H and O–H groups in total. The van der Waals surface area contributed by atoms with Gasteiger partial charge in [-0.2, -0.15) is 0 Å². The lowest BCUT2D eigenvalue weighted by Crippen LogP contribution is -2.28. The van der Waals surface area contributed by atoms with Crippen molar-refractivity contribution in [3.05, 3.63) is 35.4 Å². The van der Waals surface area contributed by atoms with Gasteiger partial charge in [0.15, 0.2) is 9.84 Å². The average molecular weight is 239 g/mol. The van der Waals surface area contributed by atoms with Crippen molar-refractivity contribution in [1.82, 2.24) is 4.90 Å². The highest BCUT2D eigenvalue weighted by molar-refractivity contribution is 7.91. The van der Waals surface area contributed by atoms with Gasteiger partial charge in [-0.25, -0.2) is 8.42 Å². The first-order chi connectivity index (χ1) is 7.48. The Balaban J connectivity index is 2.18. The van der Waals surface area contributed by atoms with Crippen LogP contribution in [0.5, 0.6) is 0 Å². The van der Waals surface area contributed by atoms with E-state index in [4.69, 9.17) is 0 Å². The van der Waals surface area contributed by atoms with Gasteiger partial charge >= 0.3 is 0 Å². The van der Waals surface area contributed by atoms with Gasteiger partial charge in [0.05, 0.1) is 5.75 Å². The van der Waals surface area contributed by atoms with E-state index in [2.05, 4.69) is 0 Å². The molecular weight excluding hydrogens is 226 g/mol. The van der Waals surface area contributed by atoms with E-state index in [0.717, 1.165) is 5.56 Å². The topological polar surface area (TPSA) is 54.5 Å². The summed E-state index contributed by atoms with van der Waals surface area (Å²) in [4.78, 5) is 13.3. The summed E-state index contributed by atoms with van der Waals surface area (Å²) < 4.78 is 22.5. The van der Waals surface area contributed by atoms with E-state index in [0.29, 0.717) is 12.1 Å². The van der Waals surface area contributed by atoms with Crippen molar-refractivity contribution in [3.8, 4) is 0 Å². The van der Waals surface area contributed by atoms with Gasteiger partial charge < -0.3 is 4.90 Å². The van der Waals surface area contributed by atoms with Crippen molar-refractivity contribution >= 4 is 15.7 Å². The van der Waals surface area contributed by atoms with E-state index in [1.165, 1.54) is 4.90 Å². The molecule has 1 amide bonds. The smallest absolute Gasteiger partial charge is 0.254 e. The van der Waals surface area contributed by atoms with E-state index >= 15 is 0 Å². The van der Waals surface area contributed by atoms with Crippen LogP contribution in [0.4, 0.5) is 0 Å². The molecule has 2 rings (SSSR count). The molecule has 5 heteroatoms. The largest absolute Gasteiger partial charge is 0.323 e. The first kappa shape index (κ1) is 11.1. The second-order valence-corrected chi connectivity index (χ2v) is 6.17. The van der Waals surface area contributed by atoms with Crippen molar-refractivity contribution in [1.29, 1.82) is 0 Å². The Morgan fingerprint density at radius 3 is 2.38 bits per heavy atom. The second-order valence-electron chi connectivity index (χ2n) is 4.01. The number of hydrogen-bond acceptors (Lipinski definition) is 3. The number of aryl methyl sites for hydroxylation is 1. The molecule has 0 bridgehead atoms. The maximum atomic E-state index is 11.9. The number of rotatable bonds is 1. The summed E-state index contributed by atoms with van der Waals surface area (Å²) in [5.41, 5.74) is 1.62. The molecule has 0 aromatic heterocycles. The van der Waals surface area contributed by atoms with Crippen molar-refractivity contribution in [2.24, 2.45) is 0 Å². The van der Waals surface area contributed by atoms with Gasteiger partial charge in [0.2, 0.25) is 0 Å². The fraction of sp³-hybridized carbons (Fsp3) is 0.364. The molecule has 0 aliphatic carbocycles. The summed E-state index contributed by atoms with van der Waals surface area (Å²) in [5.74, 6) is -0.286. The molecule has 0 saturated carbocycles. The van der Waals surface area contributed by atoms with Crippen LogP contribution >= 0.6 is 0 Å². The number of benzene rings is 1. The molecule has 1 saturated heterocycles. The zero-order chi connectivity index (χ0) is 11.8. The van der Waals surface area contributed by atoms with Gasteiger partial charge in [0, 0.05) is 12.1 Å². The minimum absolute atomic E-state index is 0.0740. The van der Waals surface area contributed by atoms with Gasteiger partial charge in [0.25, 0.3) is 5.91 Å². The zero-order valence-corrected chi connectivity index (χ0v) is 9.83. The Hall–Kier alpha value is -1.36. The highest BCUT2D eigenvalue weighted by Crippen LogP contribution is 2.13. The summed E-state index contributed by atoms with van der Waals surface area (Å²) in [6.45, 7) is 2.24. The van der Waals surface area contributed by atoms with Crippen molar-refractivity contribution < 1.29 is 13.2 Å².